The molecule has 2 saturated heterocycles. The first-order valence-corrected chi connectivity index (χ1v) is 11.0. The lowest BCUT2D eigenvalue weighted by atomic mass is 9.82. The predicted molar refractivity (Wildman–Crippen MR) is 101 cm³/mol. The Hall–Kier alpha value is -2.02. The second-order valence-corrected chi connectivity index (χ2v) is 8.97. The highest BCUT2D eigenvalue weighted by Crippen LogP contribution is 2.59. The normalized spacial score (nSPS) is 35.8. The third kappa shape index (κ3) is 4.51. The summed E-state index contributed by atoms with van der Waals surface area (Å²) in [6.07, 6.45) is 6.84. The minimum absolute atomic E-state index is 0.0537. The molecule has 30 heavy (non-hydrogen) atoms. The molecular formula is C19H24NO9P. The Bertz CT molecular complexity index is 834. The lowest BCUT2D eigenvalue weighted by Crippen LogP contribution is -2.49. The van der Waals surface area contributed by atoms with Crippen molar-refractivity contribution in [3.05, 3.63) is 12.3 Å². The summed E-state index contributed by atoms with van der Waals surface area (Å²) in [6, 6.07) is 0. The van der Waals surface area contributed by atoms with Gasteiger partial charge in [-0.1, -0.05) is 5.92 Å². The summed E-state index contributed by atoms with van der Waals surface area (Å²) >= 11 is 0. The van der Waals surface area contributed by atoms with Crippen molar-refractivity contribution in [3.8, 4) is 12.3 Å². The van der Waals surface area contributed by atoms with E-state index >= 15 is 0 Å². The van der Waals surface area contributed by atoms with Gasteiger partial charge in [-0.3, -0.25) is 32.9 Å². The van der Waals surface area contributed by atoms with Gasteiger partial charge < -0.3 is 9.47 Å². The third-order valence-corrected chi connectivity index (χ3v) is 6.68. The molecule has 3 heterocycles. The minimum atomic E-state index is -3.91. The smallest absolute Gasteiger partial charge is 0.469 e. The summed E-state index contributed by atoms with van der Waals surface area (Å²) in [6.45, 7) is 1.62. The number of phosphoric acid groups is 1. The number of amides is 1. The van der Waals surface area contributed by atoms with E-state index in [2.05, 4.69) is 10.7 Å². The van der Waals surface area contributed by atoms with Crippen LogP contribution in [0.15, 0.2) is 12.3 Å². The number of hydrogen-bond donors (Lipinski definition) is 0. The summed E-state index contributed by atoms with van der Waals surface area (Å²) in [4.78, 5) is 36.2. The number of methoxy groups -OCH3 is 1. The van der Waals surface area contributed by atoms with Gasteiger partial charge in [0.15, 0.2) is 12.0 Å². The van der Waals surface area contributed by atoms with Gasteiger partial charge in [0.05, 0.1) is 26.7 Å². The number of nitrogens with zero attached hydrogens (tertiary/aromatic N) is 1. The zero-order valence-corrected chi connectivity index (χ0v) is 17.7. The Kier molecular flexibility index (Phi) is 6.80. The molecule has 0 aliphatic carbocycles. The Morgan fingerprint density at radius 3 is 2.87 bits per heavy atom. The summed E-state index contributed by atoms with van der Waals surface area (Å²) in [7, 11) is -2.60. The maximum atomic E-state index is 12.9. The number of ether oxygens (including phenoxy) is 2. The lowest BCUT2D eigenvalue weighted by molar-refractivity contribution is -0.147. The van der Waals surface area contributed by atoms with Gasteiger partial charge in [0.1, 0.15) is 17.6 Å². The van der Waals surface area contributed by atoms with E-state index in [0.717, 1.165) is 0 Å². The van der Waals surface area contributed by atoms with Gasteiger partial charge in [0, 0.05) is 12.6 Å². The fraction of sp³-hybridized carbons (Fsp3) is 0.632. The van der Waals surface area contributed by atoms with E-state index in [-0.39, 0.29) is 37.8 Å². The molecule has 0 N–H and O–H groups in total. The Morgan fingerprint density at radius 1 is 1.43 bits per heavy atom. The van der Waals surface area contributed by atoms with Gasteiger partial charge >= 0.3 is 13.8 Å². The highest BCUT2D eigenvalue weighted by atomic mass is 31.2. The van der Waals surface area contributed by atoms with Crippen molar-refractivity contribution in [2.24, 2.45) is 5.41 Å². The van der Waals surface area contributed by atoms with E-state index in [1.807, 2.05) is 0 Å². The predicted octanol–water partition coefficient (Wildman–Crippen LogP) is 1.55. The molecular weight excluding hydrogens is 417 g/mol. The molecule has 0 aromatic rings. The SMILES string of the molecule is C#C[C@]1(C)[C@@H]2O[P@](=O)(OCCCCC(=O)OC)OC[C@H]2O[C@H]1N1C=CC(=O)CC1=O. The molecule has 0 unspecified atom stereocenters. The Morgan fingerprint density at radius 2 is 2.20 bits per heavy atom. The van der Waals surface area contributed by atoms with Gasteiger partial charge in [-0.05, 0) is 25.8 Å². The highest BCUT2D eigenvalue weighted by Gasteiger charge is 2.61. The van der Waals surface area contributed by atoms with E-state index in [4.69, 9.17) is 24.7 Å². The number of esters is 1. The number of terminal acetylenes is 1. The fourth-order valence-corrected chi connectivity index (χ4v) is 5.03. The number of unbranched alkanes of at least 4 members (excludes halogenated alkanes) is 1. The summed E-state index contributed by atoms with van der Waals surface area (Å²) in [5.41, 5.74) is -1.15. The van der Waals surface area contributed by atoms with E-state index in [0.29, 0.717) is 12.8 Å². The number of allylic oxidation sites excluding steroid dienone is 1. The number of ketones is 1. The summed E-state index contributed by atoms with van der Waals surface area (Å²) < 4.78 is 39.7. The van der Waals surface area contributed by atoms with Gasteiger partial charge in [0.2, 0.25) is 5.91 Å². The molecule has 0 radical (unpaired) electrons. The minimum Gasteiger partial charge on any atom is -0.469 e. The van der Waals surface area contributed by atoms with E-state index < -0.39 is 37.6 Å². The number of fused-ring (bicyclic) bond motifs is 1. The van der Waals surface area contributed by atoms with Gasteiger partial charge in [0.25, 0.3) is 0 Å². The second kappa shape index (κ2) is 9.00. The first-order chi connectivity index (χ1) is 14.2. The van der Waals surface area contributed by atoms with Crippen molar-refractivity contribution < 1.29 is 42.0 Å². The fourth-order valence-electron chi connectivity index (χ4n) is 3.52. The number of carbonyl (C=O) groups excluding carboxylic acids is 3. The average Bonchev–Trinajstić information content (AvgIpc) is 3.00. The van der Waals surface area contributed by atoms with Crippen LogP contribution in [-0.2, 0) is 42.0 Å². The van der Waals surface area contributed by atoms with Gasteiger partial charge in [-0.25, -0.2) is 4.57 Å². The van der Waals surface area contributed by atoms with Crippen LogP contribution in [0, 0.1) is 17.8 Å². The highest BCUT2D eigenvalue weighted by molar-refractivity contribution is 7.48. The van der Waals surface area contributed by atoms with Crippen molar-refractivity contribution in [1.82, 2.24) is 4.90 Å². The van der Waals surface area contributed by atoms with Crippen molar-refractivity contribution >= 4 is 25.5 Å². The van der Waals surface area contributed by atoms with E-state index in [1.165, 1.54) is 24.3 Å². The van der Waals surface area contributed by atoms with Crippen LogP contribution in [0.2, 0.25) is 0 Å². The maximum absolute atomic E-state index is 12.9. The quantitative estimate of drug-likeness (QED) is 0.191. The molecule has 0 aromatic carbocycles. The summed E-state index contributed by atoms with van der Waals surface area (Å²) in [5.74, 6) is 1.52. The van der Waals surface area contributed by atoms with Crippen molar-refractivity contribution in [3.63, 3.8) is 0 Å². The molecule has 2 fully saturated rings. The van der Waals surface area contributed by atoms with Crippen LogP contribution in [0.25, 0.3) is 0 Å². The van der Waals surface area contributed by atoms with Crippen LogP contribution in [0.4, 0.5) is 0 Å². The molecule has 3 rings (SSSR count). The van der Waals surface area contributed by atoms with Crippen molar-refractivity contribution in [2.75, 3.05) is 20.3 Å². The molecule has 1 amide bonds. The Balaban J connectivity index is 1.65. The van der Waals surface area contributed by atoms with E-state index in [1.54, 1.807) is 6.92 Å². The van der Waals surface area contributed by atoms with Gasteiger partial charge in [-0.15, -0.1) is 6.42 Å². The van der Waals surface area contributed by atoms with Crippen LogP contribution in [0.3, 0.4) is 0 Å². The summed E-state index contributed by atoms with van der Waals surface area (Å²) in [5, 5.41) is 0. The molecule has 3 aliphatic rings. The molecule has 10 nitrogen and oxygen atoms in total. The number of hydrogen-bond acceptors (Lipinski definition) is 9. The van der Waals surface area contributed by atoms with Crippen molar-refractivity contribution in [1.29, 1.82) is 0 Å². The molecule has 3 aliphatic heterocycles. The molecule has 5 atom stereocenters. The molecule has 0 saturated carbocycles. The first-order valence-electron chi connectivity index (χ1n) is 9.52. The molecule has 0 aromatic heterocycles. The monoisotopic (exact) mass is 441 g/mol. The lowest BCUT2D eigenvalue weighted by Gasteiger charge is -2.37. The number of carbonyl (C=O) groups is 3. The first kappa shape index (κ1) is 22.7. The van der Waals surface area contributed by atoms with Gasteiger partial charge in [-0.2, -0.15) is 0 Å². The van der Waals surface area contributed by atoms with Crippen LogP contribution < -0.4 is 0 Å². The van der Waals surface area contributed by atoms with Crippen LogP contribution in [-0.4, -0.2) is 61.3 Å². The third-order valence-electron chi connectivity index (χ3n) is 5.24. The Labute approximate surface area is 174 Å². The largest absolute Gasteiger partial charge is 0.475 e. The molecule has 164 valence electrons. The average molecular weight is 441 g/mol. The zero-order chi connectivity index (χ0) is 21.9. The van der Waals surface area contributed by atoms with Crippen LogP contribution in [0.1, 0.15) is 32.6 Å². The van der Waals surface area contributed by atoms with Crippen LogP contribution in [0.5, 0.6) is 0 Å². The number of rotatable bonds is 7. The maximum Gasteiger partial charge on any atom is 0.475 e. The zero-order valence-electron chi connectivity index (χ0n) is 16.8. The standard InChI is InChI=1S/C19H24NO9P/c1-4-19(2)17-14(28-18(19)20-9-8-13(21)11-15(20)22)12-27-30(24,29-17)26-10-6-5-7-16(23)25-3/h1,8-9,14,17-18H,5-7,10-12H2,2-3H3/t14-,17-,18-,19-,30-/m1/s1. The topological polar surface area (TPSA) is 118 Å². The van der Waals surface area contributed by atoms with Crippen LogP contribution >= 0.6 is 7.82 Å². The number of phosphoric ester groups is 1. The second-order valence-electron chi connectivity index (χ2n) is 7.35. The molecule has 0 bridgehead atoms. The van der Waals surface area contributed by atoms with Crippen molar-refractivity contribution in [2.45, 2.75) is 51.0 Å². The molecule has 0 spiro atoms. The molecule has 11 heteroatoms. The van der Waals surface area contributed by atoms with E-state index in [9.17, 15) is 18.9 Å².